The van der Waals surface area contributed by atoms with Gasteiger partial charge in [0, 0.05) is 64.2 Å². The summed E-state index contributed by atoms with van der Waals surface area (Å²) in [5.41, 5.74) is 3.20. The van der Waals surface area contributed by atoms with E-state index in [1.165, 1.54) is 12.1 Å². The Kier molecular flexibility index (Phi) is 7.56. The number of halogens is 1. The van der Waals surface area contributed by atoms with E-state index in [0.29, 0.717) is 6.54 Å². The molecule has 31 heavy (non-hydrogen) atoms. The van der Waals surface area contributed by atoms with Crippen molar-refractivity contribution in [2.75, 3.05) is 56.6 Å². The first-order chi connectivity index (χ1) is 14.7. The average molecular weight is 449 g/mol. The van der Waals surface area contributed by atoms with Crippen molar-refractivity contribution in [2.45, 2.75) is 25.1 Å². The second-order valence-electron chi connectivity index (χ2n) is 8.44. The van der Waals surface area contributed by atoms with Gasteiger partial charge < -0.3 is 9.80 Å². The minimum absolute atomic E-state index is 0.0555. The highest BCUT2D eigenvalue weighted by Gasteiger charge is 2.27. The van der Waals surface area contributed by atoms with E-state index >= 15 is 0 Å². The molecular weight excluding hydrogens is 415 g/mol. The maximum absolute atomic E-state index is 13.2. The van der Waals surface area contributed by atoms with E-state index in [9.17, 15) is 12.8 Å². The van der Waals surface area contributed by atoms with Crippen LogP contribution in [0.15, 0.2) is 48.5 Å². The SMILES string of the molecule is CC(C)S(=O)(=O)NCC(c1ccc(N(C)C)cc1)N1CCN(c2ccc(F)cc2)CC1. The first-order valence-electron chi connectivity index (χ1n) is 10.7. The lowest BCUT2D eigenvalue weighted by Gasteiger charge is -2.40. The number of piperazine rings is 1. The van der Waals surface area contributed by atoms with Crippen molar-refractivity contribution in [3.63, 3.8) is 0 Å². The van der Waals surface area contributed by atoms with Crippen molar-refractivity contribution in [1.82, 2.24) is 9.62 Å². The third-order valence-corrected chi connectivity index (χ3v) is 7.65. The Morgan fingerprint density at radius 1 is 0.968 bits per heavy atom. The predicted molar refractivity (Wildman–Crippen MR) is 126 cm³/mol. The largest absolute Gasteiger partial charge is 0.378 e. The van der Waals surface area contributed by atoms with Crippen molar-refractivity contribution < 1.29 is 12.8 Å². The van der Waals surface area contributed by atoms with E-state index < -0.39 is 15.3 Å². The lowest BCUT2D eigenvalue weighted by atomic mass is 10.0. The highest BCUT2D eigenvalue weighted by Crippen LogP contribution is 2.26. The molecule has 1 aliphatic heterocycles. The normalized spacial score (nSPS) is 16.5. The Morgan fingerprint density at radius 2 is 1.55 bits per heavy atom. The topological polar surface area (TPSA) is 55.9 Å². The first kappa shape index (κ1) is 23.5. The van der Waals surface area contributed by atoms with Crippen LogP contribution in [0.4, 0.5) is 15.8 Å². The summed E-state index contributed by atoms with van der Waals surface area (Å²) in [6, 6.07) is 14.8. The van der Waals surface area contributed by atoms with E-state index in [-0.39, 0.29) is 11.9 Å². The zero-order valence-corrected chi connectivity index (χ0v) is 19.6. The van der Waals surface area contributed by atoms with Crippen LogP contribution in [0.1, 0.15) is 25.5 Å². The van der Waals surface area contributed by atoms with E-state index in [0.717, 1.165) is 43.1 Å². The number of benzene rings is 2. The molecule has 0 saturated carbocycles. The molecular formula is C23H33FN4O2S. The molecule has 0 amide bonds. The Morgan fingerprint density at radius 3 is 2.06 bits per heavy atom. The summed E-state index contributed by atoms with van der Waals surface area (Å²) in [7, 11) is 0.646. The molecule has 0 aliphatic carbocycles. The average Bonchev–Trinajstić information content (AvgIpc) is 2.75. The Labute approximate surface area is 185 Å². The molecule has 1 saturated heterocycles. The van der Waals surface area contributed by atoms with Gasteiger partial charge in [0.05, 0.1) is 5.25 Å². The second kappa shape index (κ2) is 9.97. The Bertz CT molecular complexity index is 939. The molecule has 0 bridgehead atoms. The zero-order valence-electron chi connectivity index (χ0n) is 18.8. The van der Waals surface area contributed by atoms with Crippen LogP contribution >= 0.6 is 0 Å². The predicted octanol–water partition coefficient (Wildman–Crippen LogP) is 3.08. The van der Waals surface area contributed by atoms with E-state index in [4.69, 9.17) is 0 Å². The summed E-state index contributed by atoms with van der Waals surface area (Å²) in [4.78, 5) is 6.61. The van der Waals surface area contributed by atoms with Gasteiger partial charge in [-0.25, -0.2) is 17.5 Å². The summed E-state index contributed by atoms with van der Waals surface area (Å²) in [5, 5.41) is -0.473. The number of hydrogen-bond acceptors (Lipinski definition) is 5. The molecule has 1 aliphatic rings. The molecule has 1 unspecified atom stereocenters. The molecule has 0 radical (unpaired) electrons. The van der Waals surface area contributed by atoms with Gasteiger partial charge in [0.25, 0.3) is 0 Å². The van der Waals surface area contributed by atoms with Crippen LogP contribution in [-0.4, -0.2) is 65.4 Å². The van der Waals surface area contributed by atoms with Crippen LogP contribution in [0, 0.1) is 5.82 Å². The lowest BCUT2D eigenvalue weighted by Crippen LogP contribution is -2.50. The highest BCUT2D eigenvalue weighted by molar-refractivity contribution is 7.90. The van der Waals surface area contributed by atoms with Gasteiger partial charge in [0.2, 0.25) is 10.0 Å². The van der Waals surface area contributed by atoms with Crippen molar-refractivity contribution in [1.29, 1.82) is 0 Å². The van der Waals surface area contributed by atoms with Crippen LogP contribution in [0.3, 0.4) is 0 Å². The molecule has 2 aromatic carbocycles. The number of sulfonamides is 1. The fraction of sp³-hybridized carbons (Fsp3) is 0.478. The quantitative estimate of drug-likeness (QED) is 0.673. The molecule has 1 N–H and O–H groups in total. The van der Waals surface area contributed by atoms with Gasteiger partial charge in [-0.1, -0.05) is 12.1 Å². The van der Waals surface area contributed by atoms with E-state index in [1.54, 1.807) is 26.0 Å². The fourth-order valence-electron chi connectivity index (χ4n) is 3.76. The van der Waals surface area contributed by atoms with Crippen molar-refractivity contribution >= 4 is 21.4 Å². The molecule has 170 valence electrons. The van der Waals surface area contributed by atoms with Crippen molar-refractivity contribution in [3.05, 3.63) is 59.9 Å². The first-order valence-corrected chi connectivity index (χ1v) is 12.2. The summed E-state index contributed by atoms with van der Waals surface area (Å²) in [5.74, 6) is -0.235. The van der Waals surface area contributed by atoms with Gasteiger partial charge in [0.15, 0.2) is 0 Å². The molecule has 1 heterocycles. The number of nitrogens with one attached hydrogen (secondary N) is 1. The van der Waals surface area contributed by atoms with Crippen LogP contribution in [0.25, 0.3) is 0 Å². The fourth-order valence-corrected chi connectivity index (χ4v) is 4.48. The standard InChI is InChI=1S/C23H33FN4O2S/c1-18(2)31(29,30)25-17-23(19-5-9-21(10-6-19)26(3)4)28-15-13-27(14-16-28)22-11-7-20(24)8-12-22/h5-12,18,23,25H,13-17H2,1-4H3. The third-order valence-electron chi connectivity index (χ3n) is 5.84. The van der Waals surface area contributed by atoms with Gasteiger partial charge in [-0.05, 0) is 55.8 Å². The van der Waals surface area contributed by atoms with Gasteiger partial charge >= 0.3 is 0 Å². The molecule has 1 fully saturated rings. The number of nitrogens with zero attached hydrogens (tertiary/aromatic N) is 3. The summed E-state index contributed by atoms with van der Waals surface area (Å²) in [6.07, 6.45) is 0. The maximum atomic E-state index is 13.2. The maximum Gasteiger partial charge on any atom is 0.213 e. The van der Waals surface area contributed by atoms with E-state index in [1.807, 2.05) is 19.0 Å². The van der Waals surface area contributed by atoms with Gasteiger partial charge in [-0.2, -0.15) is 0 Å². The summed E-state index contributed by atoms with van der Waals surface area (Å²) in [6.45, 7) is 6.89. The molecule has 8 heteroatoms. The van der Waals surface area contributed by atoms with Gasteiger partial charge in [-0.15, -0.1) is 0 Å². The summed E-state index contributed by atoms with van der Waals surface area (Å²) >= 11 is 0. The Balaban J connectivity index is 1.75. The van der Waals surface area contributed by atoms with Gasteiger partial charge in [-0.3, -0.25) is 4.90 Å². The van der Waals surface area contributed by atoms with Gasteiger partial charge in [0.1, 0.15) is 5.82 Å². The third kappa shape index (κ3) is 5.96. The number of anilines is 2. The van der Waals surface area contributed by atoms with Crippen LogP contribution in [-0.2, 0) is 10.0 Å². The smallest absolute Gasteiger partial charge is 0.213 e. The monoisotopic (exact) mass is 448 g/mol. The summed E-state index contributed by atoms with van der Waals surface area (Å²) < 4.78 is 40.8. The minimum atomic E-state index is -3.35. The van der Waals surface area contributed by atoms with E-state index in [2.05, 4.69) is 38.8 Å². The number of rotatable bonds is 8. The molecule has 3 rings (SSSR count). The number of hydrogen-bond donors (Lipinski definition) is 1. The second-order valence-corrected chi connectivity index (χ2v) is 10.8. The Hall–Kier alpha value is -2.16. The van der Waals surface area contributed by atoms with Crippen molar-refractivity contribution in [2.24, 2.45) is 0 Å². The lowest BCUT2D eigenvalue weighted by molar-refractivity contribution is 0.187. The minimum Gasteiger partial charge on any atom is -0.378 e. The van der Waals surface area contributed by atoms with Crippen LogP contribution in [0.2, 0.25) is 0 Å². The molecule has 2 aromatic rings. The molecule has 0 spiro atoms. The molecule has 6 nitrogen and oxygen atoms in total. The highest BCUT2D eigenvalue weighted by atomic mass is 32.2. The zero-order chi connectivity index (χ0) is 22.6. The van der Waals surface area contributed by atoms with Crippen molar-refractivity contribution in [3.8, 4) is 0 Å². The molecule has 1 atom stereocenters. The van der Waals surface area contributed by atoms with Crippen LogP contribution < -0.4 is 14.5 Å². The van der Waals surface area contributed by atoms with Crippen LogP contribution in [0.5, 0.6) is 0 Å². The molecule has 0 aromatic heterocycles.